The number of rotatable bonds is 1. The van der Waals surface area contributed by atoms with Crippen LogP contribution in [0.4, 0.5) is 0 Å². The summed E-state index contributed by atoms with van der Waals surface area (Å²) < 4.78 is 0. The lowest BCUT2D eigenvalue weighted by Crippen LogP contribution is -2.08. The summed E-state index contributed by atoms with van der Waals surface area (Å²) in [6, 6.07) is 2.01. The SMILES string of the molecule is CC(C)=C(/C=C/C#N)C(C)(C)C. The van der Waals surface area contributed by atoms with Crippen LogP contribution >= 0.6 is 0 Å². The van der Waals surface area contributed by atoms with Gasteiger partial charge in [-0.1, -0.05) is 26.3 Å². The van der Waals surface area contributed by atoms with Gasteiger partial charge in [-0.25, -0.2) is 0 Å². The van der Waals surface area contributed by atoms with Crippen molar-refractivity contribution in [2.45, 2.75) is 34.6 Å². The highest BCUT2D eigenvalue weighted by molar-refractivity contribution is 5.31. The topological polar surface area (TPSA) is 23.8 Å². The molecular formula is C11H17N. The second kappa shape index (κ2) is 4.11. The first-order valence-corrected chi connectivity index (χ1v) is 4.13. The second-order valence-corrected chi connectivity index (χ2v) is 4.13. The molecule has 0 radical (unpaired) electrons. The Bertz CT molecular complexity index is 239. The lowest BCUT2D eigenvalue weighted by molar-refractivity contribution is 0.512. The molecule has 0 aromatic heterocycles. The molecule has 0 spiro atoms. The van der Waals surface area contributed by atoms with Crippen molar-refractivity contribution in [3.63, 3.8) is 0 Å². The van der Waals surface area contributed by atoms with E-state index in [4.69, 9.17) is 5.26 Å². The van der Waals surface area contributed by atoms with Crippen LogP contribution < -0.4 is 0 Å². The first-order valence-electron chi connectivity index (χ1n) is 4.13. The average Bonchev–Trinajstić information content (AvgIpc) is 1.84. The van der Waals surface area contributed by atoms with Crippen LogP contribution in [0.3, 0.4) is 0 Å². The van der Waals surface area contributed by atoms with Gasteiger partial charge in [-0.3, -0.25) is 0 Å². The van der Waals surface area contributed by atoms with Crippen LogP contribution in [0, 0.1) is 16.7 Å². The van der Waals surface area contributed by atoms with Gasteiger partial charge in [-0.15, -0.1) is 0 Å². The van der Waals surface area contributed by atoms with E-state index in [1.54, 1.807) is 0 Å². The predicted molar refractivity (Wildman–Crippen MR) is 52.6 cm³/mol. The molecule has 0 aliphatic heterocycles. The van der Waals surface area contributed by atoms with Crippen LogP contribution in [-0.4, -0.2) is 0 Å². The monoisotopic (exact) mass is 163 g/mol. The minimum atomic E-state index is 0.131. The molecule has 0 aromatic rings. The quantitative estimate of drug-likeness (QED) is 0.429. The fourth-order valence-electron chi connectivity index (χ4n) is 1.29. The van der Waals surface area contributed by atoms with E-state index in [-0.39, 0.29) is 5.41 Å². The predicted octanol–water partition coefficient (Wildman–Crippen LogP) is 3.45. The maximum absolute atomic E-state index is 8.40. The molecular weight excluding hydrogens is 146 g/mol. The zero-order valence-corrected chi connectivity index (χ0v) is 8.60. The second-order valence-electron chi connectivity index (χ2n) is 4.13. The Hall–Kier alpha value is -1.03. The molecule has 0 atom stereocenters. The first kappa shape index (κ1) is 11.0. The number of nitrogens with zero attached hydrogens (tertiary/aromatic N) is 1. The van der Waals surface area contributed by atoms with Crippen molar-refractivity contribution in [2.75, 3.05) is 0 Å². The largest absolute Gasteiger partial charge is 0.193 e. The van der Waals surface area contributed by atoms with Crippen LogP contribution in [0.1, 0.15) is 34.6 Å². The summed E-state index contributed by atoms with van der Waals surface area (Å²) in [4.78, 5) is 0. The third-order valence-electron chi connectivity index (χ3n) is 1.67. The standard InChI is InChI=1S/C11H17N/c1-9(2)10(7-6-8-12)11(3,4)5/h6-7H,1-5H3/b7-6+. The molecule has 0 aliphatic carbocycles. The van der Waals surface area contributed by atoms with E-state index in [9.17, 15) is 0 Å². The highest BCUT2D eigenvalue weighted by atomic mass is 14.2. The van der Waals surface area contributed by atoms with Gasteiger partial charge >= 0.3 is 0 Å². The van der Waals surface area contributed by atoms with E-state index < -0.39 is 0 Å². The molecule has 0 bridgehead atoms. The van der Waals surface area contributed by atoms with Gasteiger partial charge in [-0.2, -0.15) is 5.26 Å². The minimum absolute atomic E-state index is 0.131. The number of allylic oxidation sites excluding steroid dienone is 4. The summed E-state index contributed by atoms with van der Waals surface area (Å²) in [5.41, 5.74) is 2.64. The first-order chi connectivity index (χ1) is 5.39. The Morgan fingerprint density at radius 1 is 1.25 bits per heavy atom. The van der Waals surface area contributed by atoms with Crippen molar-refractivity contribution >= 4 is 0 Å². The smallest absolute Gasteiger partial charge is 0.0912 e. The zero-order valence-electron chi connectivity index (χ0n) is 8.60. The van der Waals surface area contributed by atoms with Gasteiger partial charge in [-0.05, 0) is 30.9 Å². The van der Waals surface area contributed by atoms with Crippen LogP contribution in [0.2, 0.25) is 0 Å². The van der Waals surface area contributed by atoms with Gasteiger partial charge in [0.05, 0.1) is 6.07 Å². The van der Waals surface area contributed by atoms with E-state index in [2.05, 4.69) is 34.6 Å². The molecule has 0 heterocycles. The Morgan fingerprint density at radius 3 is 2.00 bits per heavy atom. The third kappa shape index (κ3) is 3.39. The van der Waals surface area contributed by atoms with Crippen molar-refractivity contribution in [3.05, 3.63) is 23.3 Å². The molecule has 0 aliphatic rings. The molecule has 0 rings (SSSR count). The van der Waals surface area contributed by atoms with Crippen molar-refractivity contribution in [3.8, 4) is 6.07 Å². The lowest BCUT2D eigenvalue weighted by atomic mass is 9.83. The molecule has 12 heavy (non-hydrogen) atoms. The fourth-order valence-corrected chi connectivity index (χ4v) is 1.29. The number of hydrogen-bond acceptors (Lipinski definition) is 1. The molecule has 0 N–H and O–H groups in total. The van der Waals surface area contributed by atoms with Crippen molar-refractivity contribution in [2.24, 2.45) is 5.41 Å². The van der Waals surface area contributed by atoms with Crippen molar-refractivity contribution in [1.29, 1.82) is 5.26 Å². The molecule has 0 fully saturated rings. The summed E-state index contributed by atoms with van der Waals surface area (Å²) in [5.74, 6) is 0. The van der Waals surface area contributed by atoms with Gasteiger partial charge < -0.3 is 0 Å². The molecule has 1 heteroatoms. The Balaban J connectivity index is 4.88. The molecule has 0 unspecified atom stereocenters. The summed E-state index contributed by atoms with van der Waals surface area (Å²) in [5, 5.41) is 8.40. The molecule has 0 aromatic carbocycles. The number of nitriles is 1. The van der Waals surface area contributed by atoms with E-state index in [1.165, 1.54) is 17.2 Å². The van der Waals surface area contributed by atoms with E-state index in [0.29, 0.717) is 0 Å². The summed E-state index contributed by atoms with van der Waals surface area (Å²) in [6.07, 6.45) is 3.43. The Labute approximate surface area is 75.4 Å². The van der Waals surface area contributed by atoms with E-state index in [0.717, 1.165) is 0 Å². The normalized spacial score (nSPS) is 11.3. The average molecular weight is 163 g/mol. The fraction of sp³-hybridized carbons (Fsp3) is 0.545. The van der Waals surface area contributed by atoms with E-state index >= 15 is 0 Å². The maximum atomic E-state index is 8.40. The van der Waals surface area contributed by atoms with Gasteiger partial charge in [0.25, 0.3) is 0 Å². The Kier molecular flexibility index (Phi) is 3.76. The molecule has 0 amide bonds. The highest BCUT2D eigenvalue weighted by Crippen LogP contribution is 2.28. The lowest BCUT2D eigenvalue weighted by Gasteiger charge is -2.21. The molecule has 66 valence electrons. The molecule has 1 nitrogen and oxygen atoms in total. The summed E-state index contributed by atoms with van der Waals surface area (Å²) in [6.45, 7) is 10.6. The zero-order chi connectivity index (χ0) is 9.78. The molecule has 0 saturated heterocycles. The molecule has 0 saturated carbocycles. The van der Waals surface area contributed by atoms with Gasteiger partial charge in [0.15, 0.2) is 0 Å². The summed E-state index contributed by atoms with van der Waals surface area (Å²) >= 11 is 0. The van der Waals surface area contributed by atoms with Crippen molar-refractivity contribution < 1.29 is 0 Å². The van der Waals surface area contributed by atoms with Crippen LogP contribution in [0.5, 0.6) is 0 Å². The Morgan fingerprint density at radius 2 is 1.75 bits per heavy atom. The van der Waals surface area contributed by atoms with Gasteiger partial charge in [0, 0.05) is 6.08 Å². The van der Waals surface area contributed by atoms with Crippen LogP contribution in [0.25, 0.3) is 0 Å². The number of hydrogen-bond donors (Lipinski definition) is 0. The maximum Gasteiger partial charge on any atom is 0.0912 e. The van der Waals surface area contributed by atoms with Crippen molar-refractivity contribution in [1.82, 2.24) is 0 Å². The minimum Gasteiger partial charge on any atom is -0.193 e. The van der Waals surface area contributed by atoms with Gasteiger partial charge in [0.1, 0.15) is 0 Å². The van der Waals surface area contributed by atoms with Gasteiger partial charge in [0.2, 0.25) is 0 Å². The third-order valence-corrected chi connectivity index (χ3v) is 1.67. The van der Waals surface area contributed by atoms with E-state index in [1.807, 2.05) is 12.1 Å². The highest BCUT2D eigenvalue weighted by Gasteiger charge is 2.15. The van der Waals surface area contributed by atoms with Crippen LogP contribution in [-0.2, 0) is 0 Å². The summed E-state index contributed by atoms with van der Waals surface area (Å²) in [7, 11) is 0. The van der Waals surface area contributed by atoms with Crippen LogP contribution in [0.15, 0.2) is 23.3 Å².